The molecule has 1 aromatic heterocycles. The number of thiophene rings is 1. The number of hydrogen-bond acceptors (Lipinski definition) is 4. The lowest BCUT2D eigenvalue weighted by molar-refractivity contribution is -0.121. The quantitative estimate of drug-likeness (QED) is 0.892. The summed E-state index contributed by atoms with van der Waals surface area (Å²) in [6.07, 6.45) is 5.54. The van der Waals surface area contributed by atoms with Crippen LogP contribution >= 0.6 is 11.3 Å². The molecule has 1 aromatic rings. The molecule has 126 valence electrons. The Bertz CT molecular complexity index is 572. The normalized spacial score (nSPS) is 24.7. The molecule has 0 bridgehead atoms. The zero-order valence-electron chi connectivity index (χ0n) is 13.6. The van der Waals surface area contributed by atoms with Gasteiger partial charge in [-0.1, -0.05) is 19.8 Å². The van der Waals surface area contributed by atoms with Crippen LogP contribution in [0.2, 0.25) is 0 Å². The average Bonchev–Trinajstić information content (AvgIpc) is 2.97. The first-order chi connectivity index (χ1) is 11.1. The summed E-state index contributed by atoms with van der Waals surface area (Å²) in [5.74, 6) is 0.272. The van der Waals surface area contributed by atoms with Crippen LogP contribution in [0, 0.1) is 5.92 Å². The van der Waals surface area contributed by atoms with E-state index in [0.29, 0.717) is 5.92 Å². The highest BCUT2D eigenvalue weighted by molar-refractivity contribution is 7.10. The van der Waals surface area contributed by atoms with Gasteiger partial charge in [0.05, 0.1) is 6.54 Å². The molecule has 1 saturated carbocycles. The van der Waals surface area contributed by atoms with Crippen LogP contribution in [0.25, 0.3) is 0 Å². The van der Waals surface area contributed by atoms with Crippen molar-refractivity contribution >= 4 is 23.3 Å². The fraction of sp³-hybridized carbons (Fsp3) is 0.647. The Labute approximate surface area is 141 Å². The highest BCUT2D eigenvalue weighted by Crippen LogP contribution is 2.24. The summed E-state index contributed by atoms with van der Waals surface area (Å²) in [6.45, 7) is 4.12. The molecule has 3 amide bonds. The maximum atomic E-state index is 12.1. The fourth-order valence-corrected chi connectivity index (χ4v) is 4.44. The van der Waals surface area contributed by atoms with E-state index >= 15 is 0 Å². The van der Waals surface area contributed by atoms with E-state index in [9.17, 15) is 9.59 Å². The predicted molar refractivity (Wildman–Crippen MR) is 91.4 cm³/mol. The zero-order chi connectivity index (χ0) is 16.2. The van der Waals surface area contributed by atoms with Gasteiger partial charge in [-0.15, -0.1) is 11.3 Å². The summed E-state index contributed by atoms with van der Waals surface area (Å²) in [7, 11) is 0. The second kappa shape index (κ2) is 7.45. The second-order valence-corrected chi connectivity index (χ2v) is 7.72. The second-order valence-electron chi connectivity index (χ2n) is 6.72. The Hall–Kier alpha value is -1.40. The lowest BCUT2D eigenvalue weighted by Crippen LogP contribution is -2.50. The molecular weight excluding hydrogens is 310 g/mol. The highest BCUT2D eigenvalue weighted by atomic mass is 32.1. The molecule has 2 heterocycles. The molecule has 5 nitrogen and oxygen atoms in total. The zero-order valence-corrected chi connectivity index (χ0v) is 14.5. The Morgan fingerprint density at radius 1 is 1.35 bits per heavy atom. The third-order valence-electron chi connectivity index (χ3n) is 4.93. The standard InChI is InChI=1S/C17H25N3O2S/c1-12-4-2-3-5-14(12)18-17(22)19-16(21)11-20-8-6-15-13(10-20)7-9-23-15/h7,9,12,14H,2-6,8,10-11H2,1H3,(H2,18,19,21,22). The number of carbonyl (C=O) groups excluding carboxylic acids is 2. The lowest BCUT2D eigenvalue weighted by Gasteiger charge is -2.29. The van der Waals surface area contributed by atoms with Gasteiger partial charge in [0.2, 0.25) is 5.91 Å². The van der Waals surface area contributed by atoms with Gasteiger partial charge in [-0.25, -0.2) is 4.79 Å². The van der Waals surface area contributed by atoms with Gasteiger partial charge < -0.3 is 5.32 Å². The van der Waals surface area contributed by atoms with E-state index in [0.717, 1.165) is 38.8 Å². The minimum Gasteiger partial charge on any atom is -0.335 e. The van der Waals surface area contributed by atoms with Crippen LogP contribution < -0.4 is 10.6 Å². The van der Waals surface area contributed by atoms with Crippen molar-refractivity contribution in [3.63, 3.8) is 0 Å². The predicted octanol–water partition coefficient (Wildman–Crippen LogP) is 2.51. The first kappa shape index (κ1) is 16.5. The fourth-order valence-electron chi connectivity index (χ4n) is 3.55. The summed E-state index contributed by atoms with van der Waals surface area (Å²) in [5.41, 5.74) is 1.31. The SMILES string of the molecule is CC1CCCCC1NC(=O)NC(=O)CN1CCc2sccc2C1. The molecular formula is C17H25N3O2S. The van der Waals surface area contributed by atoms with Crippen molar-refractivity contribution in [2.45, 2.75) is 51.6 Å². The van der Waals surface area contributed by atoms with Crippen molar-refractivity contribution in [1.29, 1.82) is 0 Å². The number of carbonyl (C=O) groups is 2. The Kier molecular flexibility index (Phi) is 5.33. The molecule has 2 unspecified atom stereocenters. The molecule has 2 aliphatic rings. The summed E-state index contributed by atoms with van der Waals surface area (Å²) < 4.78 is 0. The van der Waals surface area contributed by atoms with Gasteiger partial charge >= 0.3 is 6.03 Å². The molecule has 0 saturated heterocycles. The highest BCUT2D eigenvalue weighted by Gasteiger charge is 2.24. The molecule has 2 N–H and O–H groups in total. The largest absolute Gasteiger partial charge is 0.335 e. The van der Waals surface area contributed by atoms with Gasteiger partial charge in [0, 0.05) is 24.0 Å². The number of nitrogens with one attached hydrogen (secondary N) is 2. The Morgan fingerprint density at radius 3 is 3.00 bits per heavy atom. The summed E-state index contributed by atoms with van der Waals surface area (Å²) in [6, 6.07) is 1.98. The van der Waals surface area contributed by atoms with Crippen molar-refractivity contribution in [3.05, 3.63) is 21.9 Å². The van der Waals surface area contributed by atoms with Crippen LogP contribution in [-0.2, 0) is 17.8 Å². The molecule has 0 spiro atoms. The number of amides is 3. The van der Waals surface area contributed by atoms with Crippen LogP contribution in [0.5, 0.6) is 0 Å². The first-order valence-corrected chi connectivity index (χ1v) is 9.37. The third kappa shape index (κ3) is 4.32. The van der Waals surface area contributed by atoms with Crippen molar-refractivity contribution in [2.24, 2.45) is 5.92 Å². The molecule has 0 radical (unpaired) electrons. The number of imide groups is 1. The van der Waals surface area contributed by atoms with Crippen molar-refractivity contribution in [3.8, 4) is 0 Å². The van der Waals surface area contributed by atoms with E-state index in [4.69, 9.17) is 0 Å². The first-order valence-electron chi connectivity index (χ1n) is 8.50. The van der Waals surface area contributed by atoms with E-state index in [1.807, 2.05) is 0 Å². The van der Waals surface area contributed by atoms with Crippen LogP contribution in [0.15, 0.2) is 11.4 Å². The van der Waals surface area contributed by atoms with E-state index in [1.54, 1.807) is 11.3 Å². The van der Waals surface area contributed by atoms with Crippen molar-refractivity contribution < 1.29 is 9.59 Å². The van der Waals surface area contributed by atoms with Gasteiger partial charge in [-0.3, -0.25) is 15.0 Å². The van der Waals surface area contributed by atoms with E-state index in [-0.39, 0.29) is 24.5 Å². The number of rotatable bonds is 3. The van der Waals surface area contributed by atoms with Gasteiger partial charge in [0.15, 0.2) is 0 Å². The number of fused-ring (bicyclic) bond motifs is 1. The van der Waals surface area contributed by atoms with Crippen LogP contribution in [0.1, 0.15) is 43.0 Å². The third-order valence-corrected chi connectivity index (χ3v) is 5.96. The maximum Gasteiger partial charge on any atom is 0.321 e. The molecule has 0 aromatic carbocycles. The molecule has 23 heavy (non-hydrogen) atoms. The molecule has 3 rings (SSSR count). The summed E-state index contributed by atoms with van der Waals surface area (Å²) in [5, 5.41) is 7.55. The van der Waals surface area contributed by atoms with Gasteiger partial charge in [-0.05, 0) is 42.2 Å². The van der Waals surface area contributed by atoms with Gasteiger partial charge in [-0.2, -0.15) is 0 Å². The summed E-state index contributed by atoms with van der Waals surface area (Å²) in [4.78, 5) is 27.6. The molecule has 1 fully saturated rings. The van der Waals surface area contributed by atoms with Crippen LogP contribution in [0.4, 0.5) is 4.79 Å². The van der Waals surface area contributed by atoms with E-state index < -0.39 is 0 Å². The maximum absolute atomic E-state index is 12.1. The van der Waals surface area contributed by atoms with Crippen molar-refractivity contribution in [1.82, 2.24) is 15.5 Å². The minimum atomic E-state index is -0.345. The van der Waals surface area contributed by atoms with Crippen LogP contribution in [0.3, 0.4) is 0 Å². The number of hydrogen-bond donors (Lipinski definition) is 2. The lowest BCUT2D eigenvalue weighted by atomic mass is 9.86. The monoisotopic (exact) mass is 335 g/mol. The topological polar surface area (TPSA) is 61.4 Å². The molecule has 1 aliphatic heterocycles. The minimum absolute atomic E-state index is 0.194. The smallest absolute Gasteiger partial charge is 0.321 e. The molecule has 6 heteroatoms. The van der Waals surface area contributed by atoms with E-state index in [2.05, 4.69) is 33.9 Å². The van der Waals surface area contributed by atoms with E-state index in [1.165, 1.54) is 16.9 Å². The summed E-state index contributed by atoms with van der Waals surface area (Å²) >= 11 is 1.79. The molecule has 1 aliphatic carbocycles. The number of nitrogens with zero attached hydrogens (tertiary/aromatic N) is 1. The Morgan fingerprint density at radius 2 is 2.17 bits per heavy atom. The number of urea groups is 1. The van der Waals surface area contributed by atoms with Crippen LogP contribution in [-0.4, -0.2) is 36.0 Å². The molecule has 2 atom stereocenters. The van der Waals surface area contributed by atoms with Gasteiger partial charge in [0.25, 0.3) is 0 Å². The average molecular weight is 335 g/mol. The van der Waals surface area contributed by atoms with Crippen molar-refractivity contribution in [2.75, 3.05) is 13.1 Å². The Balaban J connectivity index is 1.43. The van der Waals surface area contributed by atoms with Gasteiger partial charge in [0.1, 0.15) is 0 Å².